The molecule has 0 aliphatic carbocycles. The number of aromatic nitrogens is 1. The number of nitrogens with one attached hydrogen (secondary N) is 2. The summed E-state index contributed by atoms with van der Waals surface area (Å²) >= 11 is 0. The predicted octanol–water partition coefficient (Wildman–Crippen LogP) is 1.30. The van der Waals surface area contributed by atoms with Gasteiger partial charge in [-0.25, -0.2) is 4.79 Å². The Morgan fingerprint density at radius 1 is 1.56 bits per heavy atom. The highest BCUT2D eigenvalue weighted by Gasteiger charge is 2.13. The Morgan fingerprint density at radius 2 is 2.44 bits per heavy atom. The number of rotatable bonds is 3. The number of hydrogen-bond acceptors (Lipinski definition) is 4. The molecule has 1 saturated heterocycles. The van der Waals surface area contributed by atoms with E-state index >= 15 is 0 Å². The smallest absolute Gasteiger partial charge is 0.408 e. The summed E-state index contributed by atoms with van der Waals surface area (Å²) in [6, 6.07) is 6.31. The molecule has 2 heterocycles. The normalized spacial score (nSPS) is 19.5. The van der Waals surface area contributed by atoms with Gasteiger partial charge in [0.1, 0.15) is 0 Å². The van der Waals surface area contributed by atoms with Crippen LogP contribution in [-0.4, -0.2) is 23.7 Å². The number of anilines is 1. The van der Waals surface area contributed by atoms with Crippen molar-refractivity contribution in [3.05, 3.63) is 28.7 Å². The monoisotopic (exact) mass is 247 g/mol. The standard InChI is InChI=1S/C13H17N3O2/c1-16-11-5-4-9(7-12(11)18-13(16)17)15-8-10-3-2-6-14-10/h4-5,7,10,14-15H,2-3,6,8H2,1H3. The molecule has 0 spiro atoms. The summed E-state index contributed by atoms with van der Waals surface area (Å²) in [5, 5.41) is 6.81. The topological polar surface area (TPSA) is 59.2 Å². The minimum absolute atomic E-state index is 0.320. The van der Waals surface area contributed by atoms with E-state index in [1.807, 2.05) is 18.2 Å². The summed E-state index contributed by atoms with van der Waals surface area (Å²) in [4.78, 5) is 11.4. The van der Waals surface area contributed by atoms with E-state index in [0.717, 1.165) is 24.3 Å². The molecule has 1 aliphatic heterocycles. The second-order valence-corrected chi connectivity index (χ2v) is 4.78. The molecular weight excluding hydrogens is 230 g/mol. The third-order valence-corrected chi connectivity index (χ3v) is 3.51. The first-order valence-electron chi connectivity index (χ1n) is 6.31. The van der Waals surface area contributed by atoms with Crippen molar-refractivity contribution in [2.75, 3.05) is 18.4 Å². The van der Waals surface area contributed by atoms with Crippen LogP contribution >= 0.6 is 0 Å². The van der Waals surface area contributed by atoms with Crippen molar-refractivity contribution in [3.8, 4) is 0 Å². The van der Waals surface area contributed by atoms with E-state index in [2.05, 4.69) is 10.6 Å². The van der Waals surface area contributed by atoms with Gasteiger partial charge in [0.15, 0.2) is 5.58 Å². The van der Waals surface area contributed by atoms with Gasteiger partial charge in [0.25, 0.3) is 0 Å². The summed E-state index contributed by atoms with van der Waals surface area (Å²) < 4.78 is 6.67. The van der Waals surface area contributed by atoms with E-state index < -0.39 is 0 Å². The van der Waals surface area contributed by atoms with E-state index in [9.17, 15) is 4.79 Å². The van der Waals surface area contributed by atoms with Crippen molar-refractivity contribution in [1.82, 2.24) is 9.88 Å². The van der Waals surface area contributed by atoms with E-state index in [1.54, 1.807) is 7.05 Å². The van der Waals surface area contributed by atoms with E-state index in [0.29, 0.717) is 11.6 Å². The van der Waals surface area contributed by atoms with Gasteiger partial charge in [-0.1, -0.05) is 0 Å². The third kappa shape index (κ3) is 2.01. The molecule has 3 rings (SSSR count). The second-order valence-electron chi connectivity index (χ2n) is 4.78. The van der Waals surface area contributed by atoms with Crippen LogP contribution in [-0.2, 0) is 7.05 Å². The Bertz CT molecular complexity index is 608. The van der Waals surface area contributed by atoms with E-state index in [1.165, 1.54) is 17.4 Å². The lowest BCUT2D eigenvalue weighted by Crippen LogP contribution is -2.29. The average Bonchev–Trinajstić information content (AvgIpc) is 2.97. The molecule has 1 atom stereocenters. The molecule has 0 amide bonds. The maximum Gasteiger partial charge on any atom is 0.419 e. The van der Waals surface area contributed by atoms with Crippen LogP contribution in [0.25, 0.3) is 11.1 Å². The molecule has 0 saturated carbocycles. The van der Waals surface area contributed by atoms with Crippen LogP contribution in [0.4, 0.5) is 5.69 Å². The van der Waals surface area contributed by atoms with Gasteiger partial charge in [-0.15, -0.1) is 0 Å². The van der Waals surface area contributed by atoms with Gasteiger partial charge in [0.05, 0.1) is 5.52 Å². The Kier molecular flexibility index (Phi) is 2.83. The molecule has 0 bridgehead atoms. The van der Waals surface area contributed by atoms with Crippen LogP contribution in [0.15, 0.2) is 27.4 Å². The molecule has 2 aromatic rings. The molecule has 1 unspecified atom stereocenters. The second kappa shape index (κ2) is 4.49. The summed E-state index contributed by atoms with van der Waals surface area (Å²) in [5.41, 5.74) is 2.45. The quantitative estimate of drug-likeness (QED) is 0.858. The first kappa shape index (κ1) is 11.3. The maximum atomic E-state index is 11.4. The number of oxazole rings is 1. The lowest BCUT2D eigenvalue weighted by Gasteiger charge is -2.12. The van der Waals surface area contributed by atoms with Gasteiger partial charge in [-0.2, -0.15) is 0 Å². The fourth-order valence-corrected chi connectivity index (χ4v) is 2.42. The number of hydrogen-bond donors (Lipinski definition) is 2. The molecule has 5 heteroatoms. The SMILES string of the molecule is Cn1c(=O)oc2cc(NCC3CCCN3)ccc21. The first-order valence-corrected chi connectivity index (χ1v) is 6.31. The third-order valence-electron chi connectivity index (χ3n) is 3.51. The Hall–Kier alpha value is -1.75. The van der Waals surface area contributed by atoms with Crippen molar-refractivity contribution in [3.63, 3.8) is 0 Å². The van der Waals surface area contributed by atoms with Gasteiger partial charge in [0.2, 0.25) is 0 Å². The van der Waals surface area contributed by atoms with Crippen LogP contribution < -0.4 is 16.4 Å². The minimum Gasteiger partial charge on any atom is -0.408 e. The minimum atomic E-state index is -0.320. The molecule has 96 valence electrons. The Morgan fingerprint density at radius 3 is 3.22 bits per heavy atom. The van der Waals surface area contributed by atoms with Gasteiger partial charge in [-0.05, 0) is 31.5 Å². The van der Waals surface area contributed by atoms with Crippen LogP contribution in [0.1, 0.15) is 12.8 Å². The summed E-state index contributed by atoms with van der Waals surface area (Å²) in [5.74, 6) is -0.320. The Balaban J connectivity index is 1.78. The number of nitrogens with zero attached hydrogens (tertiary/aromatic N) is 1. The Labute approximate surface area is 105 Å². The van der Waals surface area contributed by atoms with Crippen LogP contribution in [0.5, 0.6) is 0 Å². The fraction of sp³-hybridized carbons (Fsp3) is 0.462. The maximum absolute atomic E-state index is 11.4. The first-order chi connectivity index (χ1) is 8.74. The van der Waals surface area contributed by atoms with Crippen molar-refractivity contribution in [1.29, 1.82) is 0 Å². The van der Waals surface area contributed by atoms with Crippen LogP contribution in [0.2, 0.25) is 0 Å². The summed E-state index contributed by atoms with van der Waals surface area (Å²) in [6.07, 6.45) is 2.47. The lowest BCUT2D eigenvalue weighted by molar-refractivity contribution is 0.528. The number of benzene rings is 1. The van der Waals surface area contributed by atoms with Gasteiger partial charge in [0, 0.05) is 31.4 Å². The van der Waals surface area contributed by atoms with Crippen LogP contribution in [0.3, 0.4) is 0 Å². The van der Waals surface area contributed by atoms with Gasteiger partial charge < -0.3 is 15.1 Å². The molecule has 1 fully saturated rings. The highest BCUT2D eigenvalue weighted by atomic mass is 16.4. The van der Waals surface area contributed by atoms with Crippen molar-refractivity contribution in [2.24, 2.45) is 7.05 Å². The zero-order chi connectivity index (χ0) is 12.5. The average molecular weight is 247 g/mol. The molecule has 1 aromatic carbocycles. The van der Waals surface area contributed by atoms with Crippen molar-refractivity contribution in [2.45, 2.75) is 18.9 Å². The molecular formula is C13H17N3O2. The van der Waals surface area contributed by atoms with Gasteiger partial charge in [-0.3, -0.25) is 4.57 Å². The molecule has 5 nitrogen and oxygen atoms in total. The molecule has 2 N–H and O–H groups in total. The highest BCUT2D eigenvalue weighted by Crippen LogP contribution is 2.18. The molecule has 1 aliphatic rings. The lowest BCUT2D eigenvalue weighted by atomic mass is 10.2. The molecule has 18 heavy (non-hydrogen) atoms. The predicted molar refractivity (Wildman–Crippen MR) is 71.0 cm³/mol. The van der Waals surface area contributed by atoms with Crippen LogP contribution in [0, 0.1) is 0 Å². The van der Waals surface area contributed by atoms with Gasteiger partial charge >= 0.3 is 5.76 Å². The zero-order valence-electron chi connectivity index (χ0n) is 10.4. The number of fused-ring (bicyclic) bond motifs is 1. The number of aryl methyl sites for hydroxylation is 1. The summed E-state index contributed by atoms with van der Waals surface area (Å²) in [6.45, 7) is 2.02. The van der Waals surface area contributed by atoms with Crippen molar-refractivity contribution >= 4 is 16.8 Å². The van der Waals surface area contributed by atoms with E-state index in [-0.39, 0.29) is 5.76 Å². The van der Waals surface area contributed by atoms with Crippen molar-refractivity contribution < 1.29 is 4.42 Å². The largest absolute Gasteiger partial charge is 0.419 e. The fourth-order valence-electron chi connectivity index (χ4n) is 2.42. The molecule has 1 aromatic heterocycles. The van der Waals surface area contributed by atoms with E-state index in [4.69, 9.17) is 4.42 Å². The zero-order valence-corrected chi connectivity index (χ0v) is 10.4. The molecule has 0 radical (unpaired) electrons. The summed E-state index contributed by atoms with van der Waals surface area (Å²) in [7, 11) is 1.71. The highest BCUT2D eigenvalue weighted by molar-refractivity contribution is 5.77.